The van der Waals surface area contributed by atoms with Gasteiger partial charge in [0.15, 0.2) is 0 Å². The summed E-state index contributed by atoms with van der Waals surface area (Å²) in [7, 11) is 0. The van der Waals surface area contributed by atoms with Crippen LogP contribution in [0.4, 0.5) is 0 Å². The molecule has 14 heavy (non-hydrogen) atoms. The van der Waals surface area contributed by atoms with Crippen molar-refractivity contribution in [3.8, 4) is 0 Å². The molecule has 0 bridgehead atoms. The maximum atomic E-state index is 10.7. The second-order valence-electron chi connectivity index (χ2n) is 4.44. The summed E-state index contributed by atoms with van der Waals surface area (Å²) in [5.41, 5.74) is 11.1. The molecule has 1 atom stereocenters. The molecule has 0 aliphatic heterocycles. The fourth-order valence-corrected chi connectivity index (χ4v) is 2.31. The summed E-state index contributed by atoms with van der Waals surface area (Å²) in [5, 5.41) is 0. The highest BCUT2D eigenvalue weighted by atomic mass is 16.1. The van der Waals surface area contributed by atoms with Crippen molar-refractivity contribution >= 4 is 5.91 Å². The summed E-state index contributed by atoms with van der Waals surface area (Å²) in [6.07, 6.45) is 9.22. The van der Waals surface area contributed by atoms with E-state index >= 15 is 0 Å². The Hall–Kier alpha value is -0.570. The first-order valence-corrected chi connectivity index (χ1v) is 5.74. The van der Waals surface area contributed by atoms with E-state index in [4.69, 9.17) is 11.5 Å². The zero-order chi connectivity index (χ0) is 10.4. The molecule has 1 saturated carbocycles. The van der Waals surface area contributed by atoms with Gasteiger partial charge in [0.25, 0.3) is 0 Å². The molecule has 0 aromatic heterocycles. The van der Waals surface area contributed by atoms with Gasteiger partial charge in [-0.3, -0.25) is 4.79 Å². The fourth-order valence-electron chi connectivity index (χ4n) is 2.31. The van der Waals surface area contributed by atoms with E-state index in [0.29, 0.717) is 12.3 Å². The topological polar surface area (TPSA) is 69.1 Å². The van der Waals surface area contributed by atoms with E-state index in [0.717, 1.165) is 0 Å². The molecule has 3 nitrogen and oxygen atoms in total. The number of carbonyl (C=O) groups excluding carboxylic acids is 1. The molecule has 0 radical (unpaired) electrons. The van der Waals surface area contributed by atoms with Crippen LogP contribution in [0.2, 0.25) is 0 Å². The molecule has 1 amide bonds. The molecule has 82 valence electrons. The van der Waals surface area contributed by atoms with Crippen LogP contribution in [-0.4, -0.2) is 11.9 Å². The van der Waals surface area contributed by atoms with Gasteiger partial charge >= 0.3 is 0 Å². The van der Waals surface area contributed by atoms with Crippen molar-refractivity contribution in [2.45, 2.75) is 57.4 Å². The smallest absolute Gasteiger partial charge is 0.218 e. The number of hydrogen-bond acceptors (Lipinski definition) is 2. The Morgan fingerprint density at radius 2 is 1.64 bits per heavy atom. The van der Waals surface area contributed by atoms with E-state index in [1.165, 1.54) is 44.9 Å². The van der Waals surface area contributed by atoms with Crippen LogP contribution in [0.5, 0.6) is 0 Å². The maximum absolute atomic E-state index is 10.7. The molecule has 0 aromatic rings. The number of primary amides is 1. The monoisotopic (exact) mass is 198 g/mol. The normalized spacial score (nSPS) is 22.4. The molecule has 4 N–H and O–H groups in total. The first kappa shape index (κ1) is 11.5. The van der Waals surface area contributed by atoms with Crippen molar-refractivity contribution in [2.75, 3.05) is 0 Å². The van der Waals surface area contributed by atoms with Gasteiger partial charge in [0.2, 0.25) is 5.91 Å². The second-order valence-corrected chi connectivity index (χ2v) is 4.44. The molecular formula is C11H22N2O. The van der Waals surface area contributed by atoms with Gasteiger partial charge in [0.1, 0.15) is 0 Å². The van der Waals surface area contributed by atoms with Gasteiger partial charge < -0.3 is 11.5 Å². The Morgan fingerprint density at radius 3 is 2.14 bits per heavy atom. The lowest BCUT2D eigenvalue weighted by molar-refractivity contribution is -0.118. The molecule has 1 fully saturated rings. The summed E-state index contributed by atoms with van der Waals surface area (Å²) in [5.74, 6) is 0.252. The zero-order valence-electron chi connectivity index (χ0n) is 8.87. The van der Waals surface area contributed by atoms with Gasteiger partial charge in [-0.05, 0) is 18.8 Å². The number of carbonyl (C=O) groups is 1. The van der Waals surface area contributed by atoms with Gasteiger partial charge in [-0.1, -0.05) is 32.1 Å². The van der Waals surface area contributed by atoms with Gasteiger partial charge in [-0.2, -0.15) is 0 Å². The Balaban J connectivity index is 2.34. The Labute approximate surface area is 86.2 Å². The number of amides is 1. The van der Waals surface area contributed by atoms with Crippen LogP contribution in [0.1, 0.15) is 51.4 Å². The van der Waals surface area contributed by atoms with Crippen LogP contribution in [0.15, 0.2) is 0 Å². The first-order chi connectivity index (χ1) is 6.70. The fraction of sp³-hybridized carbons (Fsp3) is 0.909. The Morgan fingerprint density at radius 1 is 1.14 bits per heavy atom. The van der Waals surface area contributed by atoms with Crippen LogP contribution in [-0.2, 0) is 4.79 Å². The Bertz CT molecular complexity index is 174. The second kappa shape index (κ2) is 6.02. The summed E-state index contributed by atoms with van der Waals surface area (Å²) in [6, 6.07) is -0.00870. The minimum Gasteiger partial charge on any atom is -0.370 e. The molecular weight excluding hydrogens is 176 g/mol. The van der Waals surface area contributed by atoms with Crippen LogP contribution < -0.4 is 11.5 Å². The largest absolute Gasteiger partial charge is 0.370 e. The molecule has 1 aliphatic carbocycles. The number of nitrogens with two attached hydrogens (primary N) is 2. The van der Waals surface area contributed by atoms with Crippen molar-refractivity contribution in [3.05, 3.63) is 0 Å². The summed E-state index contributed by atoms with van der Waals surface area (Å²) >= 11 is 0. The summed E-state index contributed by atoms with van der Waals surface area (Å²) in [6.45, 7) is 0. The average molecular weight is 198 g/mol. The maximum Gasteiger partial charge on any atom is 0.218 e. The molecule has 3 heteroatoms. The highest BCUT2D eigenvalue weighted by molar-refractivity contribution is 5.74. The van der Waals surface area contributed by atoms with Crippen LogP contribution in [0.25, 0.3) is 0 Å². The predicted octanol–water partition coefficient (Wildman–Crippen LogP) is 1.55. The van der Waals surface area contributed by atoms with E-state index < -0.39 is 0 Å². The predicted molar refractivity (Wildman–Crippen MR) is 57.6 cm³/mol. The summed E-state index contributed by atoms with van der Waals surface area (Å²) in [4.78, 5) is 10.7. The van der Waals surface area contributed by atoms with Crippen molar-refractivity contribution in [3.63, 3.8) is 0 Å². The summed E-state index contributed by atoms with van der Waals surface area (Å²) < 4.78 is 0. The van der Waals surface area contributed by atoms with E-state index in [9.17, 15) is 4.79 Å². The van der Waals surface area contributed by atoms with Crippen LogP contribution in [0.3, 0.4) is 0 Å². The number of hydrogen-bond donors (Lipinski definition) is 2. The molecule has 1 aliphatic rings. The highest BCUT2D eigenvalue weighted by Gasteiger charge is 2.19. The standard InChI is InChI=1S/C11H22N2O/c12-10(8-11(13)14)9-6-4-2-1-3-5-7-9/h9-10H,1-8,12H2,(H2,13,14)/t10-/m1/s1. The third-order valence-corrected chi connectivity index (χ3v) is 3.19. The molecule has 0 heterocycles. The number of rotatable bonds is 3. The van der Waals surface area contributed by atoms with E-state index in [1.807, 2.05) is 0 Å². The van der Waals surface area contributed by atoms with Crippen molar-refractivity contribution in [1.29, 1.82) is 0 Å². The molecule has 0 saturated heterocycles. The first-order valence-electron chi connectivity index (χ1n) is 5.74. The van der Waals surface area contributed by atoms with Crippen LogP contribution in [0, 0.1) is 5.92 Å². The van der Waals surface area contributed by atoms with Gasteiger partial charge in [0, 0.05) is 12.5 Å². The van der Waals surface area contributed by atoms with E-state index in [1.54, 1.807) is 0 Å². The zero-order valence-corrected chi connectivity index (χ0v) is 8.87. The van der Waals surface area contributed by atoms with Gasteiger partial charge in [-0.25, -0.2) is 0 Å². The minimum absolute atomic E-state index is 0.00870. The quantitative estimate of drug-likeness (QED) is 0.722. The van der Waals surface area contributed by atoms with Crippen molar-refractivity contribution in [1.82, 2.24) is 0 Å². The van der Waals surface area contributed by atoms with Gasteiger partial charge in [-0.15, -0.1) is 0 Å². The molecule has 0 aromatic carbocycles. The van der Waals surface area contributed by atoms with E-state index in [-0.39, 0.29) is 11.9 Å². The lowest BCUT2D eigenvalue weighted by atomic mass is 9.85. The third kappa shape index (κ3) is 4.09. The van der Waals surface area contributed by atoms with Crippen molar-refractivity contribution in [2.24, 2.45) is 17.4 Å². The SMILES string of the molecule is NC(=O)C[C@@H](N)C1CCCCCCC1. The van der Waals surface area contributed by atoms with Gasteiger partial charge in [0.05, 0.1) is 0 Å². The lowest BCUT2D eigenvalue weighted by Crippen LogP contribution is -2.35. The van der Waals surface area contributed by atoms with E-state index in [2.05, 4.69) is 0 Å². The average Bonchev–Trinajstić information content (AvgIpc) is 2.00. The highest BCUT2D eigenvalue weighted by Crippen LogP contribution is 2.25. The Kier molecular flexibility index (Phi) is 4.94. The molecule has 0 spiro atoms. The molecule has 0 unspecified atom stereocenters. The third-order valence-electron chi connectivity index (χ3n) is 3.19. The van der Waals surface area contributed by atoms with Crippen molar-refractivity contribution < 1.29 is 4.79 Å². The minimum atomic E-state index is -0.264. The molecule has 1 rings (SSSR count). The lowest BCUT2D eigenvalue weighted by Gasteiger charge is -2.24. The van der Waals surface area contributed by atoms with Crippen LogP contribution >= 0.6 is 0 Å².